The van der Waals surface area contributed by atoms with E-state index < -0.39 is 0 Å². The number of carbonyl (C=O) groups is 1. The molecule has 2 unspecified atom stereocenters. The average molecular weight is 227 g/mol. The molecule has 0 aliphatic rings. The molecule has 0 aromatic carbocycles. The molecule has 0 rings (SSSR count). The van der Waals surface area contributed by atoms with Gasteiger partial charge in [0.15, 0.2) is 0 Å². The van der Waals surface area contributed by atoms with Crippen LogP contribution in [0.25, 0.3) is 0 Å². The lowest BCUT2D eigenvalue weighted by atomic mass is 9.75. The van der Waals surface area contributed by atoms with Crippen molar-refractivity contribution >= 4 is 5.78 Å². The van der Waals surface area contributed by atoms with E-state index in [1.807, 2.05) is 6.92 Å². The number of hydrogen-bond acceptors (Lipinski definition) is 2. The van der Waals surface area contributed by atoms with Gasteiger partial charge < -0.3 is 5.73 Å². The molecule has 96 valence electrons. The molecule has 0 aliphatic heterocycles. The van der Waals surface area contributed by atoms with Gasteiger partial charge >= 0.3 is 0 Å². The van der Waals surface area contributed by atoms with Gasteiger partial charge in [0, 0.05) is 12.3 Å². The summed E-state index contributed by atoms with van der Waals surface area (Å²) in [4.78, 5) is 11.8. The maximum Gasteiger partial charge on any atom is 0.135 e. The van der Waals surface area contributed by atoms with Gasteiger partial charge in [-0.15, -0.1) is 0 Å². The first-order chi connectivity index (χ1) is 7.32. The summed E-state index contributed by atoms with van der Waals surface area (Å²) in [6.07, 6.45) is 3.69. The molecule has 0 heterocycles. The van der Waals surface area contributed by atoms with Gasteiger partial charge in [0.1, 0.15) is 5.78 Å². The molecule has 0 fully saturated rings. The van der Waals surface area contributed by atoms with Gasteiger partial charge in [0.25, 0.3) is 0 Å². The zero-order valence-corrected chi connectivity index (χ0v) is 11.7. The molecule has 2 heteroatoms. The Bertz CT molecular complexity index is 205. The Morgan fingerprint density at radius 3 is 2.19 bits per heavy atom. The van der Waals surface area contributed by atoms with Crippen LogP contribution in [0.2, 0.25) is 0 Å². The minimum atomic E-state index is 0.221. The summed E-state index contributed by atoms with van der Waals surface area (Å²) < 4.78 is 0. The van der Waals surface area contributed by atoms with E-state index in [-0.39, 0.29) is 11.3 Å². The van der Waals surface area contributed by atoms with Gasteiger partial charge in [-0.25, -0.2) is 0 Å². The Kier molecular flexibility index (Phi) is 6.89. The molecular formula is C14H29NO. The Morgan fingerprint density at radius 1 is 1.25 bits per heavy atom. The normalized spacial score (nSPS) is 15.9. The molecule has 0 radical (unpaired) electrons. The van der Waals surface area contributed by atoms with Crippen LogP contribution in [0.3, 0.4) is 0 Å². The van der Waals surface area contributed by atoms with Crippen LogP contribution in [0.5, 0.6) is 0 Å². The molecule has 0 aromatic heterocycles. The highest BCUT2D eigenvalue weighted by Crippen LogP contribution is 2.32. The fourth-order valence-corrected chi connectivity index (χ4v) is 2.00. The molecule has 0 aliphatic carbocycles. The third-order valence-corrected chi connectivity index (χ3v) is 3.64. The van der Waals surface area contributed by atoms with Gasteiger partial charge in [-0.3, -0.25) is 4.79 Å². The standard InChI is InChI=1S/C14H29NO/c1-6-11(2)13(16)8-7-12(9-10-15)14(3,4)5/h11-12H,6-10,15H2,1-5H3. The first kappa shape index (κ1) is 15.6. The molecule has 0 saturated heterocycles. The van der Waals surface area contributed by atoms with E-state index in [0.29, 0.717) is 11.7 Å². The fourth-order valence-electron chi connectivity index (χ4n) is 2.00. The largest absolute Gasteiger partial charge is 0.330 e. The van der Waals surface area contributed by atoms with Crippen molar-refractivity contribution in [2.24, 2.45) is 23.0 Å². The van der Waals surface area contributed by atoms with Crippen LogP contribution in [0.4, 0.5) is 0 Å². The minimum absolute atomic E-state index is 0.221. The highest BCUT2D eigenvalue weighted by atomic mass is 16.1. The summed E-state index contributed by atoms with van der Waals surface area (Å²) in [5.41, 5.74) is 5.89. The molecular weight excluding hydrogens is 198 g/mol. The quantitative estimate of drug-likeness (QED) is 0.724. The van der Waals surface area contributed by atoms with Crippen molar-refractivity contribution in [3.05, 3.63) is 0 Å². The van der Waals surface area contributed by atoms with Gasteiger partial charge in [-0.2, -0.15) is 0 Å². The first-order valence-corrected chi connectivity index (χ1v) is 6.55. The highest BCUT2D eigenvalue weighted by molar-refractivity contribution is 5.80. The van der Waals surface area contributed by atoms with Crippen molar-refractivity contribution < 1.29 is 4.79 Å². The summed E-state index contributed by atoms with van der Waals surface area (Å²) in [7, 11) is 0. The van der Waals surface area contributed by atoms with Crippen LogP contribution >= 0.6 is 0 Å². The monoisotopic (exact) mass is 227 g/mol. The lowest BCUT2D eigenvalue weighted by Gasteiger charge is -2.30. The number of nitrogens with two attached hydrogens (primary N) is 1. The minimum Gasteiger partial charge on any atom is -0.330 e. The fraction of sp³-hybridized carbons (Fsp3) is 0.929. The van der Waals surface area contributed by atoms with Crippen molar-refractivity contribution in [1.29, 1.82) is 0 Å². The topological polar surface area (TPSA) is 43.1 Å². The van der Waals surface area contributed by atoms with Crippen LogP contribution in [0.15, 0.2) is 0 Å². The molecule has 0 amide bonds. The second kappa shape index (κ2) is 7.05. The molecule has 0 saturated carbocycles. The van der Waals surface area contributed by atoms with Gasteiger partial charge in [-0.05, 0) is 37.1 Å². The predicted octanol–water partition coefficient (Wildman–Crippen LogP) is 3.39. The van der Waals surface area contributed by atoms with Gasteiger partial charge in [-0.1, -0.05) is 34.6 Å². The molecule has 2 N–H and O–H groups in total. The lowest BCUT2D eigenvalue weighted by Crippen LogP contribution is -2.25. The Balaban J connectivity index is 4.17. The summed E-state index contributed by atoms with van der Waals surface area (Å²) in [5, 5.41) is 0. The molecule has 16 heavy (non-hydrogen) atoms. The van der Waals surface area contributed by atoms with Crippen molar-refractivity contribution in [1.82, 2.24) is 0 Å². The van der Waals surface area contributed by atoms with Crippen LogP contribution < -0.4 is 5.73 Å². The third kappa shape index (κ3) is 5.64. The summed E-state index contributed by atoms with van der Waals surface area (Å²) in [6.45, 7) is 11.5. The zero-order chi connectivity index (χ0) is 12.8. The van der Waals surface area contributed by atoms with Crippen molar-refractivity contribution in [2.45, 2.75) is 60.3 Å². The van der Waals surface area contributed by atoms with Crippen LogP contribution in [-0.4, -0.2) is 12.3 Å². The smallest absolute Gasteiger partial charge is 0.135 e. The number of hydrogen-bond donors (Lipinski definition) is 1. The molecule has 0 bridgehead atoms. The van der Waals surface area contributed by atoms with Crippen molar-refractivity contribution in [3.8, 4) is 0 Å². The van der Waals surface area contributed by atoms with E-state index >= 15 is 0 Å². The summed E-state index contributed by atoms with van der Waals surface area (Å²) in [6, 6.07) is 0. The lowest BCUT2D eigenvalue weighted by molar-refractivity contribution is -0.122. The molecule has 2 atom stereocenters. The third-order valence-electron chi connectivity index (χ3n) is 3.64. The predicted molar refractivity (Wildman–Crippen MR) is 70.3 cm³/mol. The van der Waals surface area contributed by atoms with Gasteiger partial charge in [0.2, 0.25) is 0 Å². The van der Waals surface area contributed by atoms with E-state index in [1.54, 1.807) is 0 Å². The Labute approximate surface area is 101 Å². The maximum atomic E-state index is 11.8. The Hall–Kier alpha value is -0.370. The van der Waals surface area contributed by atoms with Crippen LogP contribution in [0, 0.1) is 17.3 Å². The molecule has 0 aromatic rings. The summed E-state index contributed by atoms with van der Waals surface area (Å²) >= 11 is 0. The SMILES string of the molecule is CCC(C)C(=O)CCC(CCN)C(C)(C)C. The van der Waals surface area contributed by atoms with Crippen molar-refractivity contribution in [2.75, 3.05) is 6.54 Å². The molecule has 0 spiro atoms. The van der Waals surface area contributed by atoms with Gasteiger partial charge in [0.05, 0.1) is 0 Å². The second-order valence-electron chi connectivity index (χ2n) is 5.95. The summed E-state index contributed by atoms with van der Waals surface area (Å²) in [5.74, 6) is 1.19. The van der Waals surface area contributed by atoms with E-state index in [4.69, 9.17) is 5.73 Å². The van der Waals surface area contributed by atoms with E-state index in [1.165, 1.54) is 0 Å². The number of rotatable bonds is 7. The van der Waals surface area contributed by atoms with Crippen molar-refractivity contribution in [3.63, 3.8) is 0 Å². The first-order valence-electron chi connectivity index (χ1n) is 6.55. The van der Waals surface area contributed by atoms with E-state index in [9.17, 15) is 4.79 Å². The number of carbonyl (C=O) groups excluding carboxylic acids is 1. The van der Waals surface area contributed by atoms with E-state index in [2.05, 4.69) is 27.7 Å². The Morgan fingerprint density at radius 2 is 1.81 bits per heavy atom. The zero-order valence-electron chi connectivity index (χ0n) is 11.7. The second-order valence-corrected chi connectivity index (χ2v) is 5.95. The van der Waals surface area contributed by atoms with Crippen LogP contribution in [-0.2, 0) is 4.79 Å². The molecule has 2 nitrogen and oxygen atoms in total. The number of Topliss-reactive ketones (excluding diaryl/α,β-unsaturated/α-hetero) is 1. The highest BCUT2D eigenvalue weighted by Gasteiger charge is 2.24. The van der Waals surface area contributed by atoms with Crippen LogP contribution in [0.1, 0.15) is 60.3 Å². The average Bonchev–Trinajstić information content (AvgIpc) is 2.20. The maximum absolute atomic E-state index is 11.8. The van der Waals surface area contributed by atoms with E-state index in [0.717, 1.165) is 32.2 Å². The number of ketones is 1.